The first kappa shape index (κ1) is 10.4. The van der Waals surface area contributed by atoms with E-state index in [-0.39, 0.29) is 13.1 Å². The SMILES string of the molecule is FC1(F)CN(Sc2ccc(Br)cc2)C1. The molecule has 0 spiro atoms. The quantitative estimate of drug-likeness (QED) is 0.764. The molecule has 1 aliphatic heterocycles. The van der Waals surface area contributed by atoms with Crippen LogP contribution in [0.4, 0.5) is 8.78 Å². The summed E-state index contributed by atoms with van der Waals surface area (Å²) in [6, 6.07) is 7.62. The maximum Gasteiger partial charge on any atom is 0.274 e. The third-order valence-electron chi connectivity index (χ3n) is 1.86. The highest BCUT2D eigenvalue weighted by atomic mass is 79.9. The van der Waals surface area contributed by atoms with E-state index in [4.69, 9.17) is 0 Å². The van der Waals surface area contributed by atoms with E-state index in [2.05, 4.69) is 15.9 Å². The first-order valence-corrected chi connectivity index (χ1v) is 5.68. The van der Waals surface area contributed by atoms with Crippen molar-refractivity contribution in [2.75, 3.05) is 13.1 Å². The van der Waals surface area contributed by atoms with Crippen LogP contribution in [-0.2, 0) is 0 Å². The zero-order chi connectivity index (χ0) is 10.2. The molecule has 0 N–H and O–H groups in total. The van der Waals surface area contributed by atoms with Crippen LogP contribution in [0.3, 0.4) is 0 Å². The van der Waals surface area contributed by atoms with Crippen molar-refractivity contribution in [3.8, 4) is 0 Å². The largest absolute Gasteiger partial charge is 0.274 e. The Balaban J connectivity index is 1.90. The van der Waals surface area contributed by atoms with Crippen molar-refractivity contribution < 1.29 is 8.78 Å². The molecule has 1 saturated heterocycles. The third kappa shape index (κ3) is 2.46. The molecule has 0 bridgehead atoms. The maximum atomic E-state index is 12.5. The summed E-state index contributed by atoms with van der Waals surface area (Å²) in [5.74, 6) is -2.48. The van der Waals surface area contributed by atoms with Gasteiger partial charge in [0.05, 0.1) is 13.1 Å². The summed E-state index contributed by atoms with van der Waals surface area (Å²) in [4.78, 5) is 0.990. The first-order chi connectivity index (χ1) is 6.55. The lowest BCUT2D eigenvalue weighted by Gasteiger charge is -2.37. The van der Waals surface area contributed by atoms with Crippen molar-refractivity contribution in [1.29, 1.82) is 0 Å². The van der Waals surface area contributed by atoms with Gasteiger partial charge in [-0.05, 0) is 36.2 Å². The summed E-state index contributed by atoms with van der Waals surface area (Å²) in [5.41, 5.74) is 0. The van der Waals surface area contributed by atoms with Gasteiger partial charge in [0, 0.05) is 9.37 Å². The molecule has 1 aromatic carbocycles. The predicted molar refractivity (Wildman–Crippen MR) is 56.5 cm³/mol. The summed E-state index contributed by atoms with van der Waals surface area (Å²) in [5, 5.41) is 0. The van der Waals surface area contributed by atoms with Crippen molar-refractivity contribution in [3.63, 3.8) is 0 Å². The molecule has 5 heteroatoms. The number of benzene rings is 1. The second kappa shape index (κ2) is 3.79. The minimum atomic E-state index is -2.48. The van der Waals surface area contributed by atoms with Gasteiger partial charge in [-0.25, -0.2) is 13.1 Å². The highest BCUT2D eigenvalue weighted by Gasteiger charge is 2.44. The van der Waals surface area contributed by atoms with Crippen LogP contribution in [0.15, 0.2) is 33.6 Å². The molecule has 0 atom stereocenters. The number of nitrogens with zero attached hydrogens (tertiary/aromatic N) is 1. The van der Waals surface area contributed by atoms with Crippen LogP contribution >= 0.6 is 27.9 Å². The highest BCUT2D eigenvalue weighted by Crippen LogP contribution is 2.35. The monoisotopic (exact) mass is 279 g/mol. The maximum absolute atomic E-state index is 12.5. The van der Waals surface area contributed by atoms with E-state index in [1.165, 1.54) is 11.9 Å². The van der Waals surface area contributed by atoms with Gasteiger partial charge in [0.25, 0.3) is 5.92 Å². The van der Waals surface area contributed by atoms with E-state index in [1.807, 2.05) is 24.3 Å². The van der Waals surface area contributed by atoms with E-state index in [0.717, 1.165) is 9.37 Å². The van der Waals surface area contributed by atoms with Gasteiger partial charge < -0.3 is 0 Å². The molecule has 0 amide bonds. The van der Waals surface area contributed by atoms with Crippen LogP contribution in [-0.4, -0.2) is 23.3 Å². The van der Waals surface area contributed by atoms with Gasteiger partial charge >= 0.3 is 0 Å². The Morgan fingerprint density at radius 1 is 1.21 bits per heavy atom. The Labute approximate surface area is 93.7 Å². The smallest absolute Gasteiger partial charge is 0.234 e. The predicted octanol–water partition coefficient (Wildman–Crippen LogP) is 3.41. The third-order valence-corrected chi connectivity index (χ3v) is 3.39. The average molecular weight is 280 g/mol. The lowest BCUT2D eigenvalue weighted by molar-refractivity contribution is -0.0905. The Morgan fingerprint density at radius 3 is 2.29 bits per heavy atom. The first-order valence-electron chi connectivity index (χ1n) is 4.11. The molecule has 1 nitrogen and oxygen atoms in total. The Kier molecular flexibility index (Phi) is 2.81. The summed E-state index contributed by atoms with van der Waals surface area (Å²) >= 11 is 4.69. The van der Waals surface area contributed by atoms with Crippen molar-refractivity contribution in [2.24, 2.45) is 0 Å². The number of halogens is 3. The van der Waals surface area contributed by atoms with E-state index in [1.54, 1.807) is 4.31 Å². The molecule has 0 aromatic heterocycles. The normalized spacial score (nSPS) is 20.5. The molecule has 76 valence electrons. The van der Waals surface area contributed by atoms with Gasteiger partial charge in [-0.3, -0.25) is 0 Å². The van der Waals surface area contributed by atoms with Crippen LogP contribution in [0.1, 0.15) is 0 Å². The fourth-order valence-electron chi connectivity index (χ4n) is 1.18. The molecule has 1 fully saturated rings. The summed E-state index contributed by atoms with van der Waals surface area (Å²) in [7, 11) is 0. The number of hydrogen-bond acceptors (Lipinski definition) is 2. The van der Waals surface area contributed by atoms with Crippen molar-refractivity contribution in [3.05, 3.63) is 28.7 Å². The zero-order valence-electron chi connectivity index (χ0n) is 7.21. The fraction of sp³-hybridized carbons (Fsp3) is 0.333. The molecular formula is C9H8BrF2NS. The Bertz CT molecular complexity index is 320. The summed E-state index contributed by atoms with van der Waals surface area (Å²) in [6.45, 7) is -0.290. The van der Waals surface area contributed by atoms with Gasteiger partial charge in [-0.2, -0.15) is 0 Å². The molecule has 1 aliphatic rings. The highest BCUT2D eigenvalue weighted by molar-refractivity contribution is 9.10. The van der Waals surface area contributed by atoms with Gasteiger partial charge in [0.2, 0.25) is 0 Å². The Morgan fingerprint density at radius 2 is 1.79 bits per heavy atom. The number of alkyl halides is 2. The molecule has 0 radical (unpaired) electrons. The van der Waals surface area contributed by atoms with Gasteiger partial charge in [-0.15, -0.1) is 0 Å². The molecule has 1 heterocycles. The summed E-state index contributed by atoms with van der Waals surface area (Å²) in [6.07, 6.45) is 0. The van der Waals surface area contributed by atoms with Gasteiger partial charge in [0.1, 0.15) is 0 Å². The van der Waals surface area contributed by atoms with Crippen LogP contribution in [0.5, 0.6) is 0 Å². The zero-order valence-corrected chi connectivity index (χ0v) is 9.62. The molecular weight excluding hydrogens is 272 g/mol. The molecule has 0 unspecified atom stereocenters. The second-order valence-corrected chi connectivity index (χ2v) is 5.29. The molecule has 0 aliphatic carbocycles. The molecule has 1 aromatic rings. The second-order valence-electron chi connectivity index (χ2n) is 3.20. The van der Waals surface area contributed by atoms with E-state index in [9.17, 15) is 8.78 Å². The van der Waals surface area contributed by atoms with Crippen LogP contribution < -0.4 is 0 Å². The molecule has 2 rings (SSSR count). The van der Waals surface area contributed by atoms with Crippen LogP contribution in [0, 0.1) is 0 Å². The van der Waals surface area contributed by atoms with E-state index >= 15 is 0 Å². The van der Waals surface area contributed by atoms with Crippen molar-refractivity contribution in [2.45, 2.75) is 10.8 Å². The Hall–Kier alpha value is -0.130. The van der Waals surface area contributed by atoms with Crippen LogP contribution in [0.25, 0.3) is 0 Å². The topological polar surface area (TPSA) is 3.24 Å². The lowest BCUT2D eigenvalue weighted by atomic mass is 10.2. The van der Waals surface area contributed by atoms with Crippen molar-refractivity contribution >= 4 is 27.9 Å². The fourth-order valence-corrected chi connectivity index (χ4v) is 2.51. The minimum Gasteiger partial charge on any atom is -0.234 e. The minimum absolute atomic E-state index is 0.145. The van der Waals surface area contributed by atoms with Crippen LogP contribution in [0.2, 0.25) is 0 Å². The van der Waals surface area contributed by atoms with E-state index < -0.39 is 5.92 Å². The number of rotatable bonds is 2. The average Bonchev–Trinajstić information content (AvgIpc) is 2.06. The standard InChI is InChI=1S/C9H8BrF2NS/c10-7-1-3-8(4-2-7)14-13-5-9(11,12)6-13/h1-4H,5-6H2. The summed E-state index contributed by atoms with van der Waals surface area (Å²) < 4.78 is 27.6. The van der Waals surface area contributed by atoms with E-state index in [0.29, 0.717) is 0 Å². The molecule has 0 saturated carbocycles. The lowest BCUT2D eigenvalue weighted by Crippen LogP contribution is -2.52. The van der Waals surface area contributed by atoms with Gasteiger partial charge in [-0.1, -0.05) is 15.9 Å². The number of hydrogen-bond donors (Lipinski definition) is 0. The van der Waals surface area contributed by atoms with Crippen molar-refractivity contribution in [1.82, 2.24) is 4.31 Å². The van der Waals surface area contributed by atoms with Gasteiger partial charge in [0.15, 0.2) is 0 Å². The molecule has 14 heavy (non-hydrogen) atoms.